The summed E-state index contributed by atoms with van der Waals surface area (Å²) in [6.45, 7) is 5.02. The Morgan fingerprint density at radius 3 is 2.63 bits per heavy atom. The molecule has 2 aromatic rings. The Kier molecular flexibility index (Phi) is 5.30. The molecular formula is C13H15BrN4S. The van der Waals surface area contributed by atoms with Crippen molar-refractivity contribution in [3.8, 4) is 0 Å². The molecule has 1 N–H and O–H groups in total. The lowest BCUT2D eigenvalue weighted by Gasteiger charge is -2.07. The minimum atomic E-state index is 0.457. The van der Waals surface area contributed by atoms with Crippen LogP contribution in [0.15, 0.2) is 45.4 Å². The predicted octanol–water partition coefficient (Wildman–Crippen LogP) is 3.28. The molecule has 0 saturated heterocycles. The van der Waals surface area contributed by atoms with Crippen LogP contribution < -0.4 is 5.32 Å². The molecule has 0 atom stereocenters. The summed E-state index contributed by atoms with van der Waals surface area (Å²) in [5.41, 5.74) is 1.08. The van der Waals surface area contributed by atoms with Crippen LogP contribution in [0, 0.1) is 0 Å². The summed E-state index contributed by atoms with van der Waals surface area (Å²) < 4.78 is 0.953. The molecule has 0 aliphatic carbocycles. The van der Waals surface area contributed by atoms with Gasteiger partial charge in [-0.15, -0.1) is 0 Å². The van der Waals surface area contributed by atoms with Gasteiger partial charge in [-0.25, -0.2) is 15.0 Å². The van der Waals surface area contributed by atoms with Crippen molar-refractivity contribution in [3.05, 3.63) is 40.8 Å². The molecule has 2 rings (SSSR count). The quantitative estimate of drug-likeness (QED) is 0.847. The fraction of sp³-hybridized carbons (Fsp3) is 0.308. The number of hydrogen-bond acceptors (Lipinski definition) is 5. The van der Waals surface area contributed by atoms with Gasteiger partial charge in [-0.3, -0.25) is 0 Å². The average Bonchev–Trinajstić information content (AvgIpc) is 2.40. The summed E-state index contributed by atoms with van der Waals surface area (Å²) in [6.07, 6.45) is 5.46. The molecule has 2 heterocycles. The fourth-order valence-corrected chi connectivity index (χ4v) is 2.50. The van der Waals surface area contributed by atoms with Crippen molar-refractivity contribution in [2.24, 2.45) is 0 Å². The molecule has 100 valence electrons. The van der Waals surface area contributed by atoms with E-state index in [1.165, 1.54) is 11.8 Å². The van der Waals surface area contributed by atoms with Crippen molar-refractivity contribution < 1.29 is 0 Å². The third-order valence-corrected chi connectivity index (χ3v) is 4.12. The smallest absolute Gasteiger partial charge is 0.193 e. The first-order valence-electron chi connectivity index (χ1n) is 5.98. The first kappa shape index (κ1) is 14.4. The summed E-state index contributed by atoms with van der Waals surface area (Å²) in [7, 11) is 0. The Balaban J connectivity index is 2.01. The summed E-state index contributed by atoms with van der Waals surface area (Å²) in [5, 5.41) is 4.91. The van der Waals surface area contributed by atoms with Crippen LogP contribution >= 0.6 is 27.7 Å². The lowest BCUT2D eigenvalue weighted by atomic mass is 10.3. The minimum absolute atomic E-state index is 0.457. The molecule has 0 unspecified atom stereocenters. The molecule has 0 aromatic carbocycles. The number of halogens is 1. The Morgan fingerprint density at radius 2 is 2.00 bits per heavy atom. The monoisotopic (exact) mass is 338 g/mol. The van der Waals surface area contributed by atoms with E-state index in [2.05, 4.69) is 50.0 Å². The zero-order valence-corrected chi connectivity index (χ0v) is 13.2. The largest absolute Gasteiger partial charge is 0.310 e. The van der Waals surface area contributed by atoms with E-state index in [0.717, 1.165) is 21.6 Å². The highest BCUT2D eigenvalue weighted by Crippen LogP contribution is 2.28. The van der Waals surface area contributed by atoms with Crippen LogP contribution in [0.3, 0.4) is 0 Å². The van der Waals surface area contributed by atoms with Crippen LogP contribution in [0.5, 0.6) is 0 Å². The zero-order valence-electron chi connectivity index (χ0n) is 10.8. The van der Waals surface area contributed by atoms with E-state index < -0.39 is 0 Å². The molecule has 0 bridgehead atoms. The van der Waals surface area contributed by atoms with Crippen molar-refractivity contribution in [1.29, 1.82) is 0 Å². The van der Waals surface area contributed by atoms with E-state index >= 15 is 0 Å². The van der Waals surface area contributed by atoms with Gasteiger partial charge in [0.25, 0.3) is 0 Å². The standard InChI is InChI=1S/C13H15BrN4S/c1-9(2)16-6-10-7-17-13(18-8-10)19-12-11(14)4-3-5-15-12/h3-5,7-9,16H,6H2,1-2H3. The molecule has 0 spiro atoms. The lowest BCUT2D eigenvalue weighted by molar-refractivity contribution is 0.585. The van der Waals surface area contributed by atoms with Crippen LogP contribution in [-0.4, -0.2) is 21.0 Å². The zero-order chi connectivity index (χ0) is 13.7. The van der Waals surface area contributed by atoms with Crippen LogP contribution in [-0.2, 0) is 6.54 Å². The van der Waals surface area contributed by atoms with E-state index in [0.29, 0.717) is 11.2 Å². The van der Waals surface area contributed by atoms with Crippen molar-refractivity contribution in [2.75, 3.05) is 0 Å². The molecule has 0 saturated carbocycles. The SMILES string of the molecule is CC(C)NCc1cnc(Sc2ncccc2Br)nc1. The Labute approximate surface area is 125 Å². The molecule has 6 heteroatoms. The van der Waals surface area contributed by atoms with Crippen molar-refractivity contribution in [2.45, 2.75) is 36.6 Å². The molecule has 0 aliphatic rings. The van der Waals surface area contributed by atoms with Gasteiger partial charge in [0.1, 0.15) is 5.03 Å². The average molecular weight is 339 g/mol. The second-order valence-corrected chi connectivity index (χ2v) is 6.11. The predicted molar refractivity (Wildman–Crippen MR) is 80.1 cm³/mol. The topological polar surface area (TPSA) is 50.7 Å². The highest BCUT2D eigenvalue weighted by molar-refractivity contribution is 9.10. The molecule has 0 fully saturated rings. The van der Waals surface area contributed by atoms with Gasteiger partial charge in [0.15, 0.2) is 5.16 Å². The van der Waals surface area contributed by atoms with Gasteiger partial charge in [0, 0.05) is 36.7 Å². The number of hydrogen-bond donors (Lipinski definition) is 1. The van der Waals surface area contributed by atoms with E-state index in [9.17, 15) is 0 Å². The maximum atomic E-state index is 4.34. The molecule has 0 amide bonds. The lowest BCUT2D eigenvalue weighted by Crippen LogP contribution is -2.21. The van der Waals surface area contributed by atoms with E-state index in [-0.39, 0.29) is 0 Å². The summed E-state index contributed by atoms with van der Waals surface area (Å²) in [4.78, 5) is 13.0. The van der Waals surface area contributed by atoms with E-state index in [1.807, 2.05) is 24.5 Å². The van der Waals surface area contributed by atoms with Gasteiger partial charge >= 0.3 is 0 Å². The Hall–Kier alpha value is -0.980. The third-order valence-electron chi connectivity index (χ3n) is 2.31. The fourth-order valence-electron chi connectivity index (χ4n) is 1.34. The molecular weight excluding hydrogens is 324 g/mol. The molecule has 0 aliphatic heterocycles. The second-order valence-electron chi connectivity index (χ2n) is 4.30. The normalized spacial score (nSPS) is 10.9. The van der Waals surface area contributed by atoms with E-state index in [4.69, 9.17) is 0 Å². The molecule has 19 heavy (non-hydrogen) atoms. The number of nitrogens with one attached hydrogen (secondary N) is 1. The first-order valence-corrected chi connectivity index (χ1v) is 7.59. The van der Waals surface area contributed by atoms with Gasteiger partial charge < -0.3 is 5.32 Å². The summed E-state index contributed by atoms with van der Waals surface area (Å²) in [5.74, 6) is 0. The highest BCUT2D eigenvalue weighted by atomic mass is 79.9. The van der Waals surface area contributed by atoms with Crippen LogP contribution in [0.4, 0.5) is 0 Å². The van der Waals surface area contributed by atoms with Crippen molar-refractivity contribution >= 4 is 27.7 Å². The summed E-state index contributed by atoms with van der Waals surface area (Å²) >= 11 is 4.91. The second kappa shape index (κ2) is 6.98. The van der Waals surface area contributed by atoms with Gasteiger partial charge in [-0.2, -0.15) is 0 Å². The molecule has 0 radical (unpaired) electrons. The minimum Gasteiger partial charge on any atom is -0.310 e. The Bertz CT molecular complexity index is 530. The van der Waals surface area contributed by atoms with Gasteiger partial charge in [-0.05, 0) is 39.8 Å². The maximum absolute atomic E-state index is 4.34. The van der Waals surface area contributed by atoms with Crippen molar-refractivity contribution in [1.82, 2.24) is 20.3 Å². The third kappa shape index (κ3) is 4.56. The van der Waals surface area contributed by atoms with Crippen molar-refractivity contribution in [3.63, 3.8) is 0 Å². The molecule has 2 aromatic heterocycles. The summed E-state index contributed by atoms with van der Waals surface area (Å²) in [6, 6.07) is 4.30. The Morgan fingerprint density at radius 1 is 1.26 bits per heavy atom. The van der Waals surface area contributed by atoms with Gasteiger partial charge in [0.2, 0.25) is 0 Å². The number of pyridine rings is 1. The number of rotatable bonds is 5. The maximum Gasteiger partial charge on any atom is 0.193 e. The number of aromatic nitrogens is 3. The van der Waals surface area contributed by atoms with Gasteiger partial charge in [-0.1, -0.05) is 13.8 Å². The van der Waals surface area contributed by atoms with E-state index in [1.54, 1.807) is 6.20 Å². The number of nitrogens with zero attached hydrogens (tertiary/aromatic N) is 3. The van der Waals surface area contributed by atoms with Crippen LogP contribution in [0.25, 0.3) is 0 Å². The first-order chi connectivity index (χ1) is 9.15. The van der Waals surface area contributed by atoms with Crippen LogP contribution in [0.2, 0.25) is 0 Å². The van der Waals surface area contributed by atoms with Crippen LogP contribution in [0.1, 0.15) is 19.4 Å². The molecule has 4 nitrogen and oxygen atoms in total. The van der Waals surface area contributed by atoms with Gasteiger partial charge in [0.05, 0.1) is 4.47 Å². The highest BCUT2D eigenvalue weighted by Gasteiger charge is 2.05.